The minimum absolute atomic E-state index is 0.0148. The molecule has 0 radical (unpaired) electrons. The topological polar surface area (TPSA) is 35.5 Å². The third kappa shape index (κ3) is 1.37. The molecule has 15 heavy (non-hydrogen) atoms. The van der Waals surface area contributed by atoms with Gasteiger partial charge in [0.15, 0.2) is 5.78 Å². The zero-order valence-electron chi connectivity index (χ0n) is 8.83. The monoisotopic (exact) mass is 208 g/mol. The Balaban J connectivity index is 2.01. The van der Waals surface area contributed by atoms with Gasteiger partial charge in [0.05, 0.1) is 19.3 Å². The standard InChI is InChI=1S/C12H16O3/c13-10-7-9-3-1-2-4-12(9)11(8-10)14-5-6-15-12/h7,11H,1-6,8H2/t11-,12+/m0/s1. The normalized spacial score (nSPS) is 40.4. The molecule has 0 amide bonds. The Morgan fingerprint density at radius 3 is 3.20 bits per heavy atom. The van der Waals surface area contributed by atoms with E-state index < -0.39 is 0 Å². The summed E-state index contributed by atoms with van der Waals surface area (Å²) in [5.74, 6) is 0.207. The number of ketones is 1. The molecule has 1 spiro atoms. The van der Waals surface area contributed by atoms with Crippen LogP contribution >= 0.6 is 0 Å². The van der Waals surface area contributed by atoms with E-state index in [2.05, 4.69) is 0 Å². The van der Waals surface area contributed by atoms with Crippen molar-refractivity contribution in [3.8, 4) is 0 Å². The van der Waals surface area contributed by atoms with Gasteiger partial charge in [0.25, 0.3) is 0 Å². The second-order valence-electron chi connectivity index (χ2n) is 4.64. The lowest BCUT2D eigenvalue weighted by molar-refractivity contribution is -0.198. The summed E-state index contributed by atoms with van der Waals surface area (Å²) in [5.41, 5.74) is 0.958. The minimum atomic E-state index is -0.232. The van der Waals surface area contributed by atoms with Gasteiger partial charge in [0.2, 0.25) is 0 Å². The third-order valence-electron chi connectivity index (χ3n) is 3.79. The van der Waals surface area contributed by atoms with Gasteiger partial charge in [0.1, 0.15) is 5.60 Å². The molecule has 1 saturated carbocycles. The van der Waals surface area contributed by atoms with Crippen LogP contribution in [0, 0.1) is 0 Å². The summed E-state index contributed by atoms with van der Waals surface area (Å²) in [5, 5.41) is 0. The molecule has 3 rings (SSSR count). The first kappa shape index (κ1) is 9.55. The smallest absolute Gasteiger partial charge is 0.158 e. The predicted molar refractivity (Wildman–Crippen MR) is 54.6 cm³/mol. The van der Waals surface area contributed by atoms with Crippen LogP contribution in [0.5, 0.6) is 0 Å². The Morgan fingerprint density at radius 2 is 2.27 bits per heavy atom. The number of carbonyl (C=O) groups is 1. The van der Waals surface area contributed by atoms with Gasteiger partial charge in [-0.15, -0.1) is 0 Å². The van der Waals surface area contributed by atoms with Crippen LogP contribution in [0.1, 0.15) is 32.1 Å². The van der Waals surface area contributed by atoms with E-state index >= 15 is 0 Å². The lowest BCUT2D eigenvalue weighted by Crippen LogP contribution is -2.56. The summed E-state index contributed by atoms with van der Waals surface area (Å²) in [6, 6.07) is 0. The molecule has 0 aromatic carbocycles. The highest BCUT2D eigenvalue weighted by molar-refractivity contribution is 5.92. The van der Waals surface area contributed by atoms with Crippen LogP contribution in [0.2, 0.25) is 0 Å². The first-order chi connectivity index (χ1) is 7.31. The number of rotatable bonds is 0. The van der Waals surface area contributed by atoms with E-state index in [0.29, 0.717) is 19.6 Å². The highest BCUT2D eigenvalue weighted by atomic mass is 16.6. The van der Waals surface area contributed by atoms with Crippen molar-refractivity contribution in [3.63, 3.8) is 0 Å². The first-order valence-corrected chi connectivity index (χ1v) is 5.81. The van der Waals surface area contributed by atoms with Crippen molar-refractivity contribution in [1.29, 1.82) is 0 Å². The Labute approximate surface area is 89.4 Å². The second-order valence-corrected chi connectivity index (χ2v) is 4.64. The fourth-order valence-corrected chi connectivity index (χ4v) is 3.10. The van der Waals surface area contributed by atoms with Gasteiger partial charge >= 0.3 is 0 Å². The average Bonchev–Trinajstić information content (AvgIpc) is 2.26. The molecule has 0 bridgehead atoms. The molecule has 0 aromatic rings. The number of carbonyl (C=O) groups excluding carboxylic acids is 1. The van der Waals surface area contributed by atoms with Gasteiger partial charge in [-0.3, -0.25) is 4.79 Å². The van der Waals surface area contributed by atoms with Crippen LogP contribution in [0.15, 0.2) is 11.6 Å². The fraction of sp³-hybridized carbons (Fsp3) is 0.750. The summed E-state index contributed by atoms with van der Waals surface area (Å²) in [6.45, 7) is 1.30. The van der Waals surface area contributed by atoms with Crippen LogP contribution in [0.4, 0.5) is 0 Å². The van der Waals surface area contributed by atoms with Crippen molar-refractivity contribution in [2.75, 3.05) is 13.2 Å². The predicted octanol–water partition coefficient (Wildman–Crippen LogP) is 1.61. The summed E-state index contributed by atoms with van der Waals surface area (Å²) in [7, 11) is 0. The van der Waals surface area contributed by atoms with Gasteiger partial charge < -0.3 is 9.47 Å². The van der Waals surface area contributed by atoms with Crippen molar-refractivity contribution in [2.24, 2.45) is 0 Å². The molecular formula is C12H16O3. The van der Waals surface area contributed by atoms with Crippen molar-refractivity contribution in [2.45, 2.75) is 43.8 Å². The lowest BCUT2D eigenvalue weighted by Gasteiger charge is -2.49. The van der Waals surface area contributed by atoms with E-state index in [1.807, 2.05) is 6.08 Å². The van der Waals surface area contributed by atoms with E-state index in [9.17, 15) is 4.79 Å². The Kier molecular flexibility index (Phi) is 2.18. The molecule has 1 aliphatic heterocycles. The zero-order chi connectivity index (χ0) is 10.3. The van der Waals surface area contributed by atoms with E-state index in [-0.39, 0.29) is 17.5 Å². The molecule has 82 valence electrons. The lowest BCUT2D eigenvalue weighted by atomic mass is 9.71. The van der Waals surface area contributed by atoms with Crippen molar-refractivity contribution >= 4 is 5.78 Å². The molecule has 2 aliphatic carbocycles. The number of ether oxygens (including phenoxy) is 2. The summed E-state index contributed by atoms with van der Waals surface area (Å²) < 4.78 is 11.7. The maximum atomic E-state index is 11.6. The quantitative estimate of drug-likeness (QED) is 0.606. The molecule has 2 atom stereocenters. The van der Waals surface area contributed by atoms with Gasteiger partial charge in [0, 0.05) is 6.42 Å². The van der Waals surface area contributed by atoms with Gasteiger partial charge in [-0.2, -0.15) is 0 Å². The average molecular weight is 208 g/mol. The van der Waals surface area contributed by atoms with Gasteiger partial charge in [-0.1, -0.05) is 0 Å². The Hall–Kier alpha value is -0.670. The van der Waals surface area contributed by atoms with Crippen LogP contribution in [0.25, 0.3) is 0 Å². The summed E-state index contributed by atoms with van der Waals surface area (Å²) >= 11 is 0. The van der Waals surface area contributed by atoms with Crippen LogP contribution < -0.4 is 0 Å². The minimum Gasteiger partial charge on any atom is -0.372 e. The highest BCUT2D eigenvalue weighted by Crippen LogP contribution is 2.45. The maximum Gasteiger partial charge on any atom is 0.158 e. The molecule has 1 saturated heterocycles. The van der Waals surface area contributed by atoms with E-state index in [1.54, 1.807) is 0 Å². The highest BCUT2D eigenvalue weighted by Gasteiger charge is 2.50. The van der Waals surface area contributed by atoms with Crippen molar-refractivity contribution in [3.05, 3.63) is 11.6 Å². The third-order valence-corrected chi connectivity index (χ3v) is 3.79. The fourth-order valence-electron chi connectivity index (χ4n) is 3.10. The molecule has 0 N–H and O–H groups in total. The molecule has 3 heteroatoms. The van der Waals surface area contributed by atoms with Crippen LogP contribution in [-0.2, 0) is 14.3 Å². The first-order valence-electron chi connectivity index (χ1n) is 5.81. The largest absolute Gasteiger partial charge is 0.372 e. The molecule has 0 aromatic heterocycles. The Morgan fingerprint density at radius 1 is 1.33 bits per heavy atom. The second kappa shape index (κ2) is 3.42. The van der Waals surface area contributed by atoms with Crippen LogP contribution in [-0.4, -0.2) is 30.7 Å². The number of hydrogen-bond acceptors (Lipinski definition) is 3. The van der Waals surface area contributed by atoms with E-state index in [4.69, 9.17) is 9.47 Å². The Bertz CT molecular complexity index is 315. The molecule has 3 aliphatic rings. The maximum absolute atomic E-state index is 11.6. The zero-order valence-corrected chi connectivity index (χ0v) is 8.83. The van der Waals surface area contributed by atoms with E-state index in [1.165, 1.54) is 18.4 Å². The molecule has 3 nitrogen and oxygen atoms in total. The molecule has 0 unspecified atom stereocenters. The van der Waals surface area contributed by atoms with Crippen LogP contribution in [0.3, 0.4) is 0 Å². The summed E-state index contributed by atoms with van der Waals surface area (Å²) in [6.07, 6.45) is 6.69. The molecular weight excluding hydrogens is 192 g/mol. The van der Waals surface area contributed by atoms with Crippen molar-refractivity contribution in [1.82, 2.24) is 0 Å². The van der Waals surface area contributed by atoms with E-state index in [0.717, 1.165) is 12.8 Å². The number of allylic oxidation sites excluding steroid dienone is 1. The SMILES string of the molecule is O=C1C=C2CCCC[C@@]23OCCO[C@H]3C1. The van der Waals surface area contributed by atoms with Crippen molar-refractivity contribution < 1.29 is 14.3 Å². The number of hydrogen-bond donors (Lipinski definition) is 0. The summed E-state index contributed by atoms with van der Waals surface area (Å²) in [4.78, 5) is 11.6. The van der Waals surface area contributed by atoms with Gasteiger partial charge in [-0.05, 0) is 37.3 Å². The molecule has 2 fully saturated rings. The molecule has 1 heterocycles. The van der Waals surface area contributed by atoms with Gasteiger partial charge in [-0.25, -0.2) is 0 Å².